The van der Waals surface area contributed by atoms with Crippen molar-refractivity contribution in [3.05, 3.63) is 59.7 Å². The van der Waals surface area contributed by atoms with Gasteiger partial charge in [0.15, 0.2) is 0 Å². The summed E-state index contributed by atoms with van der Waals surface area (Å²) >= 11 is 0. The highest BCUT2D eigenvalue weighted by Gasteiger charge is 2.05. The van der Waals surface area contributed by atoms with Gasteiger partial charge in [-0.1, -0.05) is 36.4 Å². The van der Waals surface area contributed by atoms with Crippen LogP contribution in [0.25, 0.3) is 22.2 Å². The van der Waals surface area contributed by atoms with Gasteiger partial charge in [-0.05, 0) is 23.3 Å². The molecular weight excluding hydrogens is 333 g/mol. The number of nitrogens with two attached hydrogens (primary N) is 2. The zero-order valence-corrected chi connectivity index (χ0v) is 13.7. The molecule has 2 aromatic carbocycles. The molecule has 23 heavy (non-hydrogen) atoms. The first-order valence-electron chi connectivity index (χ1n) is 6.48. The van der Waals surface area contributed by atoms with Crippen molar-refractivity contribution in [1.29, 1.82) is 5.41 Å². The largest absolute Gasteiger partial charge is 0.384 e. The molecule has 0 aliphatic heterocycles. The third-order valence-electron chi connectivity index (χ3n) is 3.38. The van der Waals surface area contributed by atoms with Crippen molar-refractivity contribution < 1.29 is 0 Å². The highest BCUT2D eigenvalue weighted by atomic mass is 35.5. The summed E-state index contributed by atoms with van der Waals surface area (Å²) in [5, 5.41) is 12.1. The van der Waals surface area contributed by atoms with Crippen molar-refractivity contribution in [3.8, 4) is 11.3 Å². The number of amidine groups is 1. The van der Waals surface area contributed by atoms with E-state index in [9.17, 15) is 0 Å². The van der Waals surface area contributed by atoms with Gasteiger partial charge in [0, 0.05) is 22.2 Å². The van der Waals surface area contributed by atoms with Crippen LogP contribution in [-0.2, 0) is 0 Å². The van der Waals surface area contributed by atoms with Gasteiger partial charge >= 0.3 is 0 Å². The first-order valence-corrected chi connectivity index (χ1v) is 6.48. The van der Waals surface area contributed by atoms with Crippen LogP contribution in [0.3, 0.4) is 0 Å². The lowest BCUT2D eigenvalue weighted by Crippen LogP contribution is -2.10. The molecule has 0 saturated heterocycles. The van der Waals surface area contributed by atoms with Gasteiger partial charge in [-0.2, -0.15) is 5.10 Å². The van der Waals surface area contributed by atoms with E-state index >= 15 is 0 Å². The molecule has 6 N–H and O–H groups in total. The lowest BCUT2D eigenvalue weighted by molar-refractivity contribution is 1.26. The third-order valence-corrected chi connectivity index (χ3v) is 3.38. The topological polar surface area (TPSA) is 104 Å². The Kier molecular flexibility index (Phi) is 6.18. The third kappa shape index (κ3) is 3.83. The molecule has 3 aromatic rings. The van der Waals surface area contributed by atoms with E-state index in [1.54, 1.807) is 6.21 Å². The predicted octanol–water partition coefficient (Wildman–Crippen LogP) is 3.26. The summed E-state index contributed by atoms with van der Waals surface area (Å²) in [6.07, 6.45) is 1.61. The average molecular weight is 350 g/mol. The minimum absolute atomic E-state index is 0. The molecule has 0 spiro atoms. The first kappa shape index (κ1) is 18.5. The van der Waals surface area contributed by atoms with E-state index in [2.05, 4.69) is 16.2 Å². The summed E-state index contributed by atoms with van der Waals surface area (Å²) in [5.74, 6) is 5.20. The van der Waals surface area contributed by atoms with E-state index in [-0.39, 0.29) is 30.6 Å². The number of nitrogens with zero attached hydrogens (tertiary/aromatic N) is 1. The minimum atomic E-state index is 0. The molecule has 0 atom stereocenters. The van der Waals surface area contributed by atoms with E-state index in [4.69, 9.17) is 17.0 Å². The Morgan fingerprint density at radius 3 is 2.35 bits per heavy atom. The number of aromatic nitrogens is 1. The molecule has 7 heteroatoms. The zero-order valence-electron chi connectivity index (χ0n) is 12.1. The van der Waals surface area contributed by atoms with Crippen molar-refractivity contribution in [3.63, 3.8) is 0 Å². The van der Waals surface area contributed by atoms with E-state index < -0.39 is 0 Å². The molecule has 0 aliphatic carbocycles. The second-order valence-corrected chi connectivity index (χ2v) is 4.80. The molecule has 0 unspecified atom stereocenters. The van der Waals surface area contributed by atoms with Crippen LogP contribution in [-0.4, -0.2) is 17.0 Å². The van der Waals surface area contributed by atoms with Crippen molar-refractivity contribution in [2.24, 2.45) is 16.7 Å². The highest BCUT2D eigenvalue weighted by molar-refractivity contribution is 5.99. The summed E-state index contributed by atoms with van der Waals surface area (Å²) in [5.41, 5.74) is 10.2. The van der Waals surface area contributed by atoms with Crippen LogP contribution in [0.15, 0.2) is 53.6 Å². The predicted molar refractivity (Wildman–Crippen MR) is 101 cm³/mol. The summed E-state index contributed by atoms with van der Waals surface area (Å²) in [4.78, 5) is 3.35. The van der Waals surface area contributed by atoms with E-state index in [0.717, 1.165) is 27.7 Å². The molecule has 0 fully saturated rings. The van der Waals surface area contributed by atoms with Crippen LogP contribution in [0.5, 0.6) is 0 Å². The molecule has 0 radical (unpaired) electrons. The summed E-state index contributed by atoms with van der Waals surface area (Å²) < 4.78 is 0. The Labute approximate surface area is 146 Å². The lowest BCUT2D eigenvalue weighted by atomic mass is 10.1. The molecule has 1 heterocycles. The van der Waals surface area contributed by atoms with Crippen molar-refractivity contribution in [2.75, 3.05) is 0 Å². The Hall–Kier alpha value is -2.50. The van der Waals surface area contributed by atoms with Crippen LogP contribution < -0.4 is 11.6 Å². The van der Waals surface area contributed by atoms with Crippen molar-refractivity contribution in [1.82, 2.24) is 4.98 Å². The monoisotopic (exact) mass is 349 g/mol. The number of nitrogens with one attached hydrogen (secondary N) is 2. The van der Waals surface area contributed by atoms with Gasteiger partial charge in [-0.3, -0.25) is 5.41 Å². The zero-order chi connectivity index (χ0) is 14.8. The normalized spacial score (nSPS) is 10.3. The molecule has 120 valence electrons. The van der Waals surface area contributed by atoms with Crippen LogP contribution in [0.2, 0.25) is 0 Å². The number of nitrogen functional groups attached to an aromatic ring is 1. The number of H-pyrrole nitrogens is 1. The number of hydrogen-bond donors (Lipinski definition) is 4. The van der Waals surface area contributed by atoms with Crippen LogP contribution in [0.1, 0.15) is 11.1 Å². The fourth-order valence-corrected chi connectivity index (χ4v) is 2.28. The van der Waals surface area contributed by atoms with E-state index in [1.807, 2.05) is 42.5 Å². The fourth-order valence-electron chi connectivity index (χ4n) is 2.28. The maximum Gasteiger partial charge on any atom is 0.122 e. The van der Waals surface area contributed by atoms with Gasteiger partial charge < -0.3 is 16.6 Å². The minimum Gasteiger partial charge on any atom is -0.384 e. The van der Waals surface area contributed by atoms with Crippen molar-refractivity contribution in [2.45, 2.75) is 0 Å². The maximum atomic E-state index is 7.49. The van der Waals surface area contributed by atoms with Gasteiger partial charge in [0.2, 0.25) is 0 Å². The second-order valence-electron chi connectivity index (χ2n) is 4.80. The molecule has 0 saturated carbocycles. The number of aromatic amines is 1. The average Bonchev–Trinajstić information content (AvgIpc) is 2.91. The van der Waals surface area contributed by atoms with Crippen molar-refractivity contribution >= 4 is 47.8 Å². The number of rotatable bonds is 3. The number of fused-ring (bicyclic) bond motifs is 1. The molecule has 0 bridgehead atoms. The molecule has 0 aliphatic rings. The maximum absolute atomic E-state index is 7.49. The quantitative estimate of drug-likeness (QED) is 0.252. The number of benzene rings is 2. The van der Waals surface area contributed by atoms with E-state index in [0.29, 0.717) is 5.56 Å². The molecule has 0 amide bonds. The van der Waals surface area contributed by atoms with Crippen LogP contribution in [0, 0.1) is 5.41 Å². The Bertz CT molecular complexity index is 837. The summed E-state index contributed by atoms with van der Waals surface area (Å²) in [6, 6.07) is 15.7. The second kappa shape index (κ2) is 7.67. The number of halogens is 2. The molecule has 5 nitrogen and oxygen atoms in total. The Morgan fingerprint density at radius 1 is 1.04 bits per heavy atom. The Morgan fingerprint density at radius 2 is 1.74 bits per heavy atom. The molecule has 3 rings (SSSR count). The first-order chi connectivity index (χ1) is 10.2. The van der Waals surface area contributed by atoms with Crippen LogP contribution >= 0.6 is 24.8 Å². The van der Waals surface area contributed by atoms with Gasteiger partial charge in [-0.25, -0.2) is 0 Å². The Balaban J connectivity index is 0.00000132. The SMILES string of the molecule is Cl.Cl.N=C(N)c1ccc2cc(-c3ccc(C=NN)cc3)[nH]c2c1. The lowest BCUT2D eigenvalue weighted by Gasteiger charge is -1.99. The van der Waals surface area contributed by atoms with Gasteiger partial charge in [0.05, 0.1) is 6.21 Å². The molecule has 1 aromatic heterocycles. The fraction of sp³-hybridized carbons (Fsp3) is 0. The van der Waals surface area contributed by atoms with Crippen LogP contribution in [0.4, 0.5) is 0 Å². The van der Waals surface area contributed by atoms with Gasteiger partial charge in [-0.15, -0.1) is 24.8 Å². The summed E-state index contributed by atoms with van der Waals surface area (Å²) in [6.45, 7) is 0. The summed E-state index contributed by atoms with van der Waals surface area (Å²) in [7, 11) is 0. The smallest absolute Gasteiger partial charge is 0.122 e. The number of hydrazone groups is 1. The van der Waals surface area contributed by atoms with Gasteiger partial charge in [0.1, 0.15) is 5.84 Å². The number of hydrogen-bond acceptors (Lipinski definition) is 3. The molecular formula is C16H17Cl2N5. The highest BCUT2D eigenvalue weighted by Crippen LogP contribution is 2.25. The van der Waals surface area contributed by atoms with E-state index in [1.165, 1.54) is 0 Å². The standard InChI is InChI=1S/C16H15N5.2ClH/c17-16(18)13-6-5-12-7-14(21-15(12)8-13)11-3-1-10(2-4-11)9-20-19;;/h1-9,21H,19H2,(H3,17,18);2*1H. The van der Waals surface area contributed by atoms with Gasteiger partial charge in [0.25, 0.3) is 0 Å².